The second kappa shape index (κ2) is 8.28. The van der Waals surface area contributed by atoms with Gasteiger partial charge in [0.05, 0.1) is 5.41 Å². The van der Waals surface area contributed by atoms with Gasteiger partial charge in [0.15, 0.2) is 6.61 Å². The fourth-order valence-corrected chi connectivity index (χ4v) is 3.43. The van der Waals surface area contributed by atoms with Crippen molar-refractivity contribution in [2.75, 3.05) is 19.7 Å². The van der Waals surface area contributed by atoms with Gasteiger partial charge in [-0.05, 0) is 44.4 Å². The molecule has 0 aromatic heterocycles. The number of rotatable bonds is 7. The Labute approximate surface area is 148 Å². The smallest absolute Gasteiger partial charge is 0.317 e. The Kier molecular flexibility index (Phi) is 6.34. The average Bonchev–Trinajstić information content (AvgIpc) is 3.08. The maximum absolute atomic E-state index is 13.6. The second-order valence-electron chi connectivity index (χ2n) is 6.74. The van der Waals surface area contributed by atoms with E-state index >= 15 is 0 Å². The van der Waals surface area contributed by atoms with E-state index in [0.717, 1.165) is 18.4 Å². The number of carbonyl (C=O) groups is 2. The molecule has 1 aliphatic carbocycles. The fourth-order valence-electron chi connectivity index (χ4n) is 3.43. The van der Waals surface area contributed by atoms with E-state index in [2.05, 4.69) is 6.58 Å². The van der Waals surface area contributed by atoms with E-state index in [1.165, 1.54) is 12.1 Å². The molecule has 0 atom stereocenters. The normalized spacial score (nSPS) is 15.6. The molecule has 1 fully saturated rings. The van der Waals surface area contributed by atoms with Crippen molar-refractivity contribution in [1.29, 1.82) is 0 Å². The van der Waals surface area contributed by atoms with Crippen LogP contribution < -0.4 is 0 Å². The number of amides is 1. The number of hydrogen-bond acceptors (Lipinski definition) is 3. The standard InChI is InChI=1S/C20H26FNO3/c1-4-22(13-15(2)3)18(23)14-25-19(24)20(10-5-6-11-20)16-8-7-9-17(21)12-16/h7-9,12H,2,4-6,10-11,13-14H2,1,3H3. The average molecular weight is 347 g/mol. The Morgan fingerprint density at radius 3 is 2.56 bits per heavy atom. The third-order valence-electron chi connectivity index (χ3n) is 4.75. The zero-order chi connectivity index (χ0) is 18.4. The van der Waals surface area contributed by atoms with Gasteiger partial charge in [-0.25, -0.2) is 4.39 Å². The van der Waals surface area contributed by atoms with Crippen LogP contribution in [0.1, 0.15) is 45.1 Å². The van der Waals surface area contributed by atoms with Crippen molar-refractivity contribution in [3.05, 3.63) is 47.8 Å². The summed E-state index contributed by atoms with van der Waals surface area (Å²) in [7, 11) is 0. The summed E-state index contributed by atoms with van der Waals surface area (Å²) in [5.74, 6) is -1.05. The van der Waals surface area contributed by atoms with Crippen LogP contribution in [0.5, 0.6) is 0 Å². The van der Waals surface area contributed by atoms with E-state index in [0.29, 0.717) is 31.5 Å². The molecule has 0 bridgehead atoms. The van der Waals surface area contributed by atoms with Gasteiger partial charge < -0.3 is 9.64 Å². The number of nitrogens with zero attached hydrogens (tertiary/aromatic N) is 1. The summed E-state index contributed by atoms with van der Waals surface area (Å²) in [5.41, 5.74) is 0.665. The molecule has 0 radical (unpaired) electrons. The van der Waals surface area contributed by atoms with Crippen LogP contribution in [-0.4, -0.2) is 36.5 Å². The number of likely N-dealkylation sites (N-methyl/N-ethyl adjacent to an activating group) is 1. The summed E-state index contributed by atoms with van der Waals surface area (Å²) < 4.78 is 19.0. The molecule has 5 heteroatoms. The first-order valence-electron chi connectivity index (χ1n) is 8.74. The summed E-state index contributed by atoms with van der Waals surface area (Å²) in [6, 6.07) is 6.12. The van der Waals surface area contributed by atoms with Gasteiger partial charge in [0.25, 0.3) is 5.91 Å². The van der Waals surface area contributed by atoms with Crippen LogP contribution in [0.2, 0.25) is 0 Å². The highest BCUT2D eigenvalue weighted by atomic mass is 19.1. The Hall–Kier alpha value is -2.17. The molecule has 0 N–H and O–H groups in total. The molecule has 1 saturated carbocycles. The van der Waals surface area contributed by atoms with Crippen molar-refractivity contribution in [2.45, 2.75) is 44.9 Å². The Bertz CT molecular complexity index is 650. The highest BCUT2D eigenvalue weighted by Crippen LogP contribution is 2.42. The molecule has 0 aliphatic heterocycles. The highest BCUT2D eigenvalue weighted by molar-refractivity contribution is 5.86. The minimum absolute atomic E-state index is 0.244. The SMILES string of the molecule is C=C(C)CN(CC)C(=O)COC(=O)C1(c2cccc(F)c2)CCCC1. The predicted octanol–water partition coefficient (Wildman–Crippen LogP) is 3.61. The maximum atomic E-state index is 13.6. The lowest BCUT2D eigenvalue weighted by Gasteiger charge is -2.28. The lowest BCUT2D eigenvalue weighted by Crippen LogP contribution is -2.39. The molecule has 0 unspecified atom stereocenters. The lowest BCUT2D eigenvalue weighted by molar-refractivity contribution is -0.157. The number of carbonyl (C=O) groups excluding carboxylic acids is 2. The molecular formula is C20H26FNO3. The Morgan fingerprint density at radius 2 is 2.00 bits per heavy atom. The zero-order valence-electron chi connectivity index (χ0n) is 15.0. The molecular weight excluding hydrogens is 321 g/mol. The summed E-state index contributed by atoms with van der Waals surface area (Å²) in [4.78, 5) is 26.7. The summed E-state index contributed by atoms with van der Waals surface area (Å²) in [6.45, 7) is 8.20. The van der Waals surface area contributed by atoms with Gasteiger partial charge in [-0.2, -0.15) is 0 Å². The van der Waals surface area contributed by atoms with Crippen molar-refractivity contribution in [3.8, 4) is 0 Å². The summed E-state index contributed by atoms with van der Waals surface area (Å²) in [5, 5.41) is 0. The van der Waals surface area contributed by atoms with Gasteiger partial charge in [-0.1, -0.05) is 37.1 Å². The quantitative estimate of drug-likeness (QED) is 0.559. The predicted molar refractivity (Wildman–Crippen MR) is 94.6 cm³/mol. The van der Waals surface area contributed by atoms with E-state index in [-0.39, 0.29) is 18.3 Å². The number of esters is 1. The van der Waals surface area contributed by atoms with Crippen molar-refractivity contribution in [3.63, 3.8) is 0 Å². The van der Waals surface area contributed by atoms with E-state index in [4.69, 9.17) is 4.74 Å². The van der Waals surface area contributed by atoms with Gasteiger partial charge in [-0.3, -0.25) is 9.59 Å². The molecule has 136 valence electrons. The van der Waals surface area contributed by atoms with E-state index < -0.39 is 11.4 Å². The molecule has 1 aliphatic rings. The van der Waals surface area contributed by atoms with E-state index in [1.807, 2.05) is 13.8 Å². The minimum atomic E-state index is -0.840. The molecule has 4 nitrogen and oxygen atoms in total. The number of ether oxygens (including phenoxy) is 1. The highest BCUT2D eigenvalue weighted by Gasteiger charge is 2.44. The van der Waals surface area contributed by atoms with Crippen LogP contribution in [0.3, 0.4) is 0 Å². The van der Waals surface area contributed by atoms with Crippen LogP contribution in [0.4, 0.5) is 4.39 Å². The van der Waals surface area contributed by atoms with Crippen molar-refractivity contribution < 1.29 is 18.7 Å². The van der Waals surface area contributed by atoms with Gasteiger partial charge in [0, 0.05) is 13.1 Å². The summed E-state index contributed by atoms with van der Waals surface area (Å²) in [6.07, 6.45) is 3.01. The van der Waals surface area contributed by atoms with Gasteiger partial charge in [0.1, 0.15) is 5.82 Å². The minimum Gasteiger partial charge on any atom is -0.455 e. The van der Waals surface area contributed by atoms with Crippen LogP contribution >= 0.6 is 0 Å². The molecule has 1 aromatic rings. The molecule has 2 rings (SSSR count). The molecule has 0 spiro atoms. The third kappa shape index (κ3) is 4.47. The first kappa shape index (κ1) is 19.2. The van der Waals surface area contributed by atoms with Crippen LogP contribution in [0, 0.1) is 5.82 Å². The first-order valence-corrected chi connectivity index (χ1v) is 8.74. The van der Waals surface area contributed by atoms with Crippen LogP contribution in [0.25, 0.3) is 0 Å². The van der Waals surface area contributed by atoms with Crippen LogP contribution in [0.15, 0.2) is 36.4 Å². The second-order valence-corrected chi connectivity index (χ2v) is 6.74. The van der Waals surface area contributed by atoms with Gasteiger partial charge in [-0.15, -0.1) is 0 Å². The van der Waals surface area contributed by atoms with E-state index in [9.17, 15) is 14.0 Å². The monoisotopic (exact) mass is 347 g/mol. The molecule has 0 saturated heterocycles. The number of halogens is 1. The maximum Gasteiger partial charge on any atom is 0.317 e. The van der Waals surface area contributed by atoms with Gasteiger partial charge >= 0.3 is 5.97 Å². The van der Waals surface area contributed by atoms with Crippen molar-refractivity contribution >= 4 is 11.9 Å². The molecule has 1 amide bonds. The third-order valence-corrected chi connectivity index (χ3v) is 4.75. The summed E-state index contributed by atoms with van der Waals surface area (Å²) >= 11 is 0. The largest absolute Gasteiger partial charge is 0.455 e. The number of hydrogen-bond donors (Lipinski definition) is 0. The first-order chi connectivity index (χ1) is 11.9. The number of benzene rings is 1. The molecule has 25 heavy (non-hydrogen) atoms. The fraction of sp³-hybridized carbons (Fsp3) is 0.500. The zero-order valence-corrected chi connectivity index (χ0v) is 15.0. The molecule has 1 aromatic carbocycles. The van der Waals surface area contributed by atoms with Crippen molar-refractivity contribution in [1.82, 2.24) is 4.90 Å². The van der Waals surface area contributed by atoms with Crippen LogP contribution in [-0.2, 0) is 19.7 Å². The van der Waals surface area contributed by atoms with E-state index in [1.54, 1.807) is 17.0 Å². The lowest BCUT2D eigenvalue weighted by atomic mass is 9.79. The topological polar surface area (TPSA) is 46.6 Å². The molecule has 0 heterocycles. The van der Waals surface area contributed by atoms with Gasteiger partial charge in [0.2, 0.25) is 0 Å². The van der Waals surface area contributed by atoms with Crippen molar-refractivity contribution in [2.24, 2.45) is 0 Å². The Morgan fingerprint density at radius 1 is 1.32 bits per heavy atom. The Balaban J connectivity index is 2.09.